The third-order valence-corrected chi connectivity index (χ3v) is 2.77. The maximum atomic E-state index is 6.88. The van der Waals surface area contributed by atoms with Crippen molar-refractivity contribution in [2.75, 3.05) is 5.73 Å². The molecule has 0 saturated heterocycles. The van der Waals surface area contributed by atoms with Gasteiger partial charge in [-0.2, -0.15) is 4.85 Å². The lowest BCUT2D eigenvalue weighted by atomic mass is 10.0. The molecule has 4 heteroatoms. The van der Waals surface area contributed by atoms with Crippen molar-refractivity contribution >= 4 is 17.3 Å². The van der Waals surface area contributed by atoms with E-state index in [9.17, 15) is 0 Å². The molecular weight excluding hydrogens is 214 g/mol. The molecule has 17 heavy (non-hydrogen) atoms. The van der Waals surface area contributed by atoms with Gasteiger partial charge < -0.3 is 10.2 Å². The Morgan fingerprint density at radius 1 is 1.35 bits per heavy atom. The summed E-state index contributed by atoms with van der Waals surface area (Å²) < 4.78 is 5.11. The fourth-order valence-corrected chi connectivity index (χ4v) is 1.96. The summed E-state index contributed by atoms with van der Waals surface area (Å²) in [5.74, 6) is 0.278. The smallest absolute Gasteiger partial charge is 0.346 e. The monoisotopic (exact) mass is 223 g/mol. The highest BCUT2D eigenvalue weighted by Gasteiger charge is 2.19. The van der Waals surface area contributed by atoms with Crippen molar-refractivity contribution in [3.05, 3.63) is 58.6 Å². The summed E-state index contributed by atoms with van der Waals surface area (Å²) in [6, 6.07) is 7.46. The summed E-state index contributed by atoms with van der Waals surface area (Å²) in [4.78, 5) is 7.70. The minimum absolute atomic E-state index is 0.278. The number of nitrogen functional groups attached to an aromatic ring is 1. The zero-order valence-corrected chi connectivity index (χ0v) is 8.97. The van der Waals surface area contributed by atoms with Crippen LogP contribution in [0.5, 0.6) is 0 Å². The second-order valence-corrected chi connectivity index (χ2v) is 3.87. The normalized spacial score (nSPS) is 13.0. The van der Waals surface area contributed by atoms with Gasteiger partial charge in [-0.25, -0.2) is 0 Å². The van der Waals surface area contributed by atoms with Gasteiger partial charge in [0.1, 0.15) is 0 Å². The van der Waals surface area contributed by atoms with Crippen LogP contribution in [0.2, 0.25) is 0 Å². The van der Waals surface area contributed by atoms with Crippen LogP contribution < -0.4 is 5.73 Å². The largest absolute Gasteiger partial charge is 0.486 e. The molecule has 0 amide bonds. The van der Waals surface area contributed by atoms with Gasteiger partial charge >= 0.3 is 5.88 Å². The van der Waals surface area contributed by atoms with Crippen LogP contribution in [0.1, 0.15) is 16.7 Å². The van der Waals surface area contributed by atoms with Crippen molar-refractivity contribution in [3.63, 3.8) is 0 Å². The maximum Gasteiger partial charge on any atom is 0.346 e. The quantitative estimate of drug-likeness (QED) is 0.597. The molecule has 2 heterocycles. The molecule has 0 spiro atoms. The van der Waals surface area contributed by atoms with E-state index >= 15 is 0 Å². The molecule has 0 fully saturated rings. The van der Waals surface area contributed by atoms with Crippen molar-refractivity contribution in [2.24, 2.45) is 4.99 Å². The van der Waals surface area contributed by atoms with Crippen molar-refractivity contribution < 1.29 is 4.42 Å². The Morgan fingerprint density at radius 2 is 2.24 bits per heavy atom. The topological polar surface area (TPSA) is 55.9 Å². The third kappa shape index (κ3) is 1.49. The van der Waals surface area contributed by atoms with Crippen molar-refractivity contribution in [1.82, 2.24) is 0 Å². The molecule has 4 nitrogen and oxygen atoms in total. The molecule has 0 aliphatic carbocycles. The van der Waals surface area contributed by atoms with Gasteiger partial charge in [0.2, 0.25) is 0 Å². The Kier molecular flexibility index (Phi) is 1.99. The Labute approximate surface area is 98.2 Å². The van der Waals surface area contributed by atoms with E-state index in [0.29, 0.717) is 12.2 Å². The molecule has 0 bridgehead atoms. The van der Waals surface area contributed by atoms with Gasteiger partial charge in [-0.3, -0.25) is 4.99 Å². The molecule has 0 saturated carbocycles. The van der Waals surface area contributed by atoms with Crippen LogP contribution in [0.3, 0.4) is 0 Å². The molecule has 1 aliphatic rings. The number of fused-ring (bicyclic) bond motifs is 1. The number of anilines is 1. The van der Waals surface area contributed by atoms with Crippen LogP contribution in [0.4, 0.5) is 11.6 Å². The van der Waals surface area contributed by atoms with Crippen LogP contribution in [-0.4, -0.2) is 5.71 Å². The third-order valence-electron chi connectivity index (χ3n) is 2.77. The van der Waals surface area contributed by atoms with Gasteiger partial charge in [0, 0.05) is 16.8 Å². The highest BCUT2D eigenvalue weighted by Crippen LogP contribution is 2.27. The highest BCUT2D eigenvalue weighted by atomic mass is 16.3. The number of rotatable bonds is 1. The number of furan rings is 1. The summed E-state index contributed by atoms with van der Waals surface area (Å²) in [6.45, 7) is 7.53. The maximum absolute atomic E-state index is 6.88. The number of benzene rings is 1. The molecule has 1 aromatic heterocycles. The Morgan fingerprint density at radius 3 is 3.00 bits per heavy atom. The molecule has 0 atom stereocenters. The van der Waals surface area contributed by atoms with Crippen LogP contribution in [0.25, 0.3) is 4.85 Å². The molecule has 3 rings (SSSR count). The Balaban J connectivity index is 2.09. The lowest BCUT2D eigenvalue weighted by Gasteiger charge is -2.02. The van der Waals surface area contributed by atoms with E-state index in [1.54, 1.807) is 12.3 Å². The van der Waals surface area contributed by atoms with E-state index in [2.05, 4.69) is 9.84 Å². The molecule has 0 unspecified atom stereocenters. The number of nitrogens with zero attached hydrogens (tertiary/aromatic N) is 2. The van der Waals surface area contributed by atoms with Crippen LogP contribution in [-0.2, 0) is 6.54 Å². The summed E-state index contributed by atoms with van der Waals surface area (Å²) in [7, 11) is 0. The summed E-state index contributed by atoms with van der Waals surface area (Å²) in [5, 5.41) is 0. The molecule has 2 N–H and O–H groups in total. The summed E-state index contributed by atoms with van der Waals surface area (Å²) in [5.41, 5.74) is 10.4. The first-order chi connectivity index (χ1) is 8.28. The number of nitrogens with two attached hydrogens (primary N) is 1. The first-order valence-electron chi connectivity index (χ1n) is 5.17. The molecular formula is C13H9N3O. The predicted molar refractivity (Wildman–Crippen MR) is 65.2 cm³/mol. The average Bonchev–Trinajstić information content (AvgIpc) is 2.93. The van der Waals surface area contributed by atoms with Gasteiger partial charge in [0.25, 0.3) is 0 Å². The van der Waals surface area contributed by atoms with Gasteiger partial charge in [-0.05, 0) is 23.8 Å². The van der Waals surface area contributed by atoms with E-state index in [1.165, 1.54) is 0 Å². The number of hydrogen-bond donors (Lipinski definition) is 1. The predicted octanol–water partition coefficient (Wildman–Crippen LogP) is 2.76. The van der Waals surface area contributed by atoms with Gasteiger partial charge in [-0.15, -0.1) is 0 Å². The molecule has 1 aliphatic heterocycles. The minimum Gasteiger partial charge on any atom is -0.486 e. The van der Waals surface area contributed by atoms with Crippen molar-refractivity contribution in [2.45, 2.75) is 6.54 Å². The fourth-order valence-electron chi connectivity index (χ4n) is 1.96. The van der Waals surface area contributed by atoms with E-state index in [0.717, 1.165) is 22.4 Å². The zero-order chi connectivity index (χ0) is 11.8. The van der Waals surface area contributed by atoms with Gasteiger partial charge in [0.15, 0.2) is 0 Å². The van der Waals surface area contributed by atoms with E-state index < -0.39 is 0 Å². The lowest BCUT2D eigenvalue weighted by molar-refractivity contribution is 0.591. The van der Waals surface area contributed by atoms with Crippen molar-refractivity contribution in [3.8, 4) is 0 Å². The van der Waals surface area contributed by atoms with E-state index in [4.69, 9.17) is 16.7 Å². The molecule has 1 aromatic carbocycles. The van der Waals surface area contributed by atoms with Gasteiger partial charge in [-0.1, -0.05) is 6.07 Å². The van der Waals surface area contributed by atoms with E-state index in [1.807, 2.05) is 18.2 Å². The zero-order valence-electron chi connectivity index (χ0n) is 8.97. The van der Waals surface area contributed by atoms with E-state index in [-0.39, 0.29) is 5.88 Å². The highest BCUT2D eigenvalue weighted by molar-refractivity contribution is 6.15. The summed E-state index contributed by atoms with van der Waals surface area (Å²) >= 11 is 0. The molecule has 0 radical (unpaired) electrons. The first-order valence-corrected chi connectivity index (χ1v) is 5.17. The van der Waals surface area contributed by atoms with Crippen LogP contribution >= 0.6 is 0 Å². The Hall–Kier alpha value is -2.54. The molecule has 2 aromatic rings. The van der Waals surface area contributed by atoms with Crippen molar-refractivity contribution in [1.29, 1.82) is 0 Å². The van der Waals surface area contributed by atoms with Gasteiger partial charge in [0.05, 0.1) is 25.1 Å². The molecule has 82 valence electrons. The van der Waals surface area contributed by atoms with Crippen LogP contribution in [0.15, 0.2) is 39.9 Å². The first kappa shape index (κ1) is 9.67. The van der Waals surface area contributed by atoms with Crippen LogP contribution in [0, 0.1) is 6.57 Å². The minimum atomic E-state index is 0.278. The SMILES string of the molecule is [C-]#[N+]c1cc(C2=NCc3ccc(N)cc32)co1. The lowest BCUT2D eigenvalue weighted by Crippen LogP contribution is -2.00. The number of aliphatic imine (C=N–C) groups is 1. The summed E-state index contributed by atoms with van der Waals surface area (Å²) in [6.07, 6.45) is 1.56. The fraction of sp³-hybridized carbons (Fsp3) is 0.0769. The average molecular weight is 223 g/mol. The second-order valence-electron chi connectivity index (χ2n) is 3.87. The Bertz CT molecular complexity index is 662. The standard InChI is InChI=1S/C13H9N3O/c1-15-12-4-9(7-17-12)13-11-5-10(14)3-2-8(11)6-16-13/h2-5,7H,6,14H2. The second kappa shape index (κ2) is 3.49. The number of hydrogen-bond acceptors (Lipinski definition) is 3.